The van der Waals surface area contributed by atoms with E-state index in [0.29, 0.717) is 25.1 Å². The van der Waals surface area contributed by atoms with Gasteiger partial charge in [-0.2, -0.15) is 0 Å². The lowest BCUT2D eigenvalue weighted by molar-refractivity contribution is -0.117. The summed E-state index contributed by atoms with van der Waals surface area (Å²) in [4.78, 5) is 25.5. The fourth-order valence-corrected chi connectivity index (χ4v) is 5.56. The van der Waals surface area contributed by atoms with Crippen molar-refractivity contribution in [3.05, 3.63) is 47.5 Å². The van der Waals surface area contributed by atoms with Gasteiger partial charge in [0.25, 0.3) is 10.0 Å². The number of carbonyl (C=O) groups excluding carboxylic acids is 2. The highest BCUT2D eigenvalue weighted by molar-refractivity contribution is 7.90. The van der Waals surface area contributed by atoms with E-state index in [9.17, 15) is 26.4 Å². The third-order valence-electron chi connectivity index (χ3n) is 4.71. The van der Waals surface area contributed by atoms with Crippen molar-refractivity contribution in [3.63, 3.8) is 0 Å². The van der Waals surface area contributed by atoms with Gasteiger partial charge in [0.1, 0.15) is 9.79 Å². The first kappa shape index (κ1) is 24.0. The van der Waals surface area contributed by atoms with E-state index < -0.39 is 26.1 Å². The monoisotopic (exact) mass is 500 g/mol. The van der Waals surface area contributed by atoms with Gasteiger partial charge in [-0.15, -0.1) is 0 Å². The van der Waals surface area contributed by atoms with E-state index in [-0.39, 0.29) is 26.4 Å². The second-order valence-electron chi connectivity index (χ2n) is 7.11. The second-order valence-corrected chi connectivity index (χ2v) is 11.3. The van der Waals surface area contributed by atoms with Crippen LogP contribution in [-0.4, -0.2) is 53.7 Å². The third kappa shape index (κ3) is 4.88. The van der Waals surface area contributed by atoms with Crippen LogP contribution in [-0.2, 0) is 24.8 Å². The first-order chi connectivity index (χ1) is 14.9. The summed E-state index contributed by atoms with van der Waals surface area (Å²) < 4.78 is 53.3. The van der Waals surface area contributed by atoms with Gasteiger partial charge in [-0.1, -0.05) is 23.7 Å². The molecule has 13 heteroatoms. The summed E-state index contributed by atoms with van der Waals surface area (Å²) in [5.74, 6) is -0.134. The van der Waals surface area contributed by atoms with Crippen molar-refractivity contribution in [1.82, 2.24) is 9.03 Å². The van der Waals surface area contributed by atoms with Crippen molar-refractivity contribution >= 4 is 55.0 Å². The highest BCUT2D eigenvalue weighted by Gasteiger charge is 2.28. The zero-order valence-electron chi connectivity index (χ0n) is 17.2. The standard InChI is InChI=1S/C19H21ClN4O6S2/c1-23(2)32(29,30)17-10-9-13(24-11-5-8-18(24)25)12-15(17)21-19(26)22-31(27,28)16-7-4-3-6-14(16)20/h3-4,6-7,9-10,12H,5,8,11H2,1-2H3,(H2,21,22,26). The average Bonchev–Trinajstić information content (AvgIpc) is 3.13. The minimum Gasteiger partial charge on any atom is -0.312 e. The summed E-state index contributed by atoms with van der Waals surface area (Å²) in [7, 11) is -5.68. The van der Waals surface area contributed by atoms with Gasteiger partial charge < -0.3 is 10.2 Å². The SMILES string of the molecule is CN(C)S(=O)(=O)c1ccc(N2CCCC2=O)cc1NC(=O)NS(=O)(=O)c1ccccc1Cl. The molecule has 1 saturated heterocycles. The van der Waals surface area contributed by atoms with Gasteiger partial charge in [-0.25, -0.2) is 30.7 Å². The first-order valence-electron chi connectivity index (χ1n) is 9.39. The van der Waals surface area contributed by atoms with Crippen LogP contribution in [0.1, 0.15) is 12.8 Å². The van der Waals surface area contributed by atoms with Crippen molar-refractivity contribution in [2.75, 3.05) is 30.9 Å². The molecule has 0 aromatic heterocycles. The van der Waals surface area contributed by atoms with Gasteiger partial charge in [0.05, 0.1) is 10.7 Å². The van der Waals surface area contributed by atoms with Crippen molar-refractivity contribution < 1.29 is 26.4 Å². The Morgan fingerprint density at radius 3 is 2.34 bits per heavy atom. The highest BCUT2D eigenvalue weighted by Crippen LogP contribution is 2.31. The topological polar surface area (TPSA) is 133 Å². The molecular weight excluding hydrogens is 480 g/mol. The van der Waals surface area contributed by atoms with Gasteiger partial charge in [0.15, 0.2) is 0 Å². The van der Waals surface area contributed by atoms with E-state index in [1.54, 1.807) is 0 Å². The molecule has 1 aliphatic rings. The number of carbonyl (C=O) groups is 2. The van der Waals surface area contributed by atoms with Crippen LogP contribution < -0.4 is 14.9 Å². The quantitative estimate of drug-likeness (QED) is 0.624. The number of rotatable bonds is 6. The number of urea groups is 1. The van der Waals surface area contributed by atoms with Crippen LogP contribution in [0.5, 0.6) is 0 Å². The molecule has 32 heavy (non-hydrogen) atoms. The number of anilines is 2. The minimum atomic E-state index is -4.33. The van der Waals surface area contributed by atoms with E-state index >= 15 is 0 Å². The summed E-state index contributed by atoms with van der Waals surface area (Å²) >= 11 is 5.91. The van der Waals surface area contributed by atoms with E-state index in [1.165, 1.54) is 61.5 Å². The molecule has 1 heterocycles. The predicted molar refractivity (Wildman–Crippen MR) is 120 cm³/mol. The molecule has 0 spiro atoms. The van der Waals surface area contributed by atoms with Crippen LogP contribution in [0.2, 0.25) is 5.02 Å². The van der Waals surface area contributed by atoms with Crippen LogP contribution in [0.25, 0.3) is 0 Å². The largest absolute Gasteiger partial charge is 0.333 e. The average molecular weight is 501 g/mol. The lowest BCUT2D eigenvalue weighted by Gasteiger charge is -2.20. The van der Waals surface area contributed by atoms with E-state index in [4.69, 9.17) is 11.6 Å². The fourth-order valence-electron chi connectivity index (χ4n) is 3.11. The lowest BCUT2D eigenvalue weighted by atomic mass is 10.2. The van der Waals surface area contributed by atoms with Gasteiger partial charge in [0, 0.05) is 32.7 Å². The molecule has 1 aliphatic heterocycles. The fraction of sp³-hybridized carbons (Fsp3) is 0.263. The summed E-state index contributed by atoms with van der Waals surface area (Å²) in [6.07, 6.45) is 1.01. The number of sulfonamides is 2. The third-order valence-corrected chi connectivity index (χ3v) is 8.41. The Morgan fingerprint density at radius 1 is 1.06 bits per heavy atom. The maximum absolute atomic E-state index is 12.7. The summed E-state index contributed by atoms with van der Waals surface area (Å²) in [5, 5.41) is 2.19. The highest BCUT2D eigenvalue weighted by atomic mass is 35.5. The second kappa shape index (κ2) is 9.06. The van der Waals surface area contributed by atoms with Crippen LogP contribution in [0.15, 0.2) is 52.3 Å². The van der Waals surface area contributed by atoms with Gasteiger partial charge >= 0.3 is 6.03 Å². The molecule has 3 rings (SSSR count). The maximum Gasteiger partial charge on any atom is 0.333 e. The molecule has 3 amide bonds. The zero-order chi connectivity index (χ0) is 23.7. The molecule has 0 radical (unpaired) electrons. The number of benzene rings is 2. The number of hydrogen-bond donors (Lipinski definition) is 2. The lowest BCUT2D eigenvalue weighted by Crippen LogP contribution is -2.35. The van der Waals surface area contributed by atoms with Gasteiger partial charge in [0.2, 0.25) is 15.9 Å². The number of halogens is 1. The van der Waals surface area contributed by atoms with E-state index in [0.717, 1.165) is 4.31 Å². The predicted octanol–water partition coefficient (Wildman–Crippen LogP) is 2.23. The van der Waals surface area contributed by atoms with Crippen LogP contribution in [0.3, 0.4) is 0 Å². The van der Waals surface area contributed by atoms with Crippen LogP contribution in [0.4, 0.5) is 16.2 Å². The van der Waals surface area contributed by atoms with E-state index in [2.05, 4.69) is 5.32 Å². The number of nitrogens with one attached hydrogen (secondary N) is 2. The molecule has 2 aromatic rings. The Morgan fingerprint density at radius 2 is 1.75 bits per heavy atom. The number of hydrogen-bond acceptors (Lipinski definition) is 6. The molecule has 10 nitrogen and oxygen atoms in total. The molecule has 0 saturated carbocycles. The van der Waals surface area contributed by atoms with Crippen molar-refractivity contribution in [3.8, 4) is 0 Å². The molecule has 172 valence electrons. The summed E-state index contributed by atoms with van der Waals surface area (Å²) in [5.41, 5.74) is 0.206. The van der Waals surface area contributed by atoms with Gasteiger partial charge in [-0.05, 0) is 36.8 Å². The molecule has 2 N–H and O–H groups in total. The molecule has 0 aliphatic carbocycles. The first-order valence-corrected chi connectivity index (χ1v) is 12.7. The van der Waals surface area contributed by atoms with Crippen LogP contribution in [0, 0.1) is 0 Å². The van der Waals surface area contributed by atoms with Crippen molar-refractivity contribution in [2.24, 2.45) is 0 Å². The Kier molecular flexibility index (Phi) is 6.79. The molecule has 0 unspecified atom stereocenters. The molecular formula is C19H21ClN4O6S2. The summed E-state index contributed by atoms with van der Waals surface area (Å²) in [6, 6.07) is 8.40. The van der Waals surface area contributed by atoms with Crippen molar-refractivity contribution in [1.29, 1.82) is 0 Å². The molecule has 0 atom stereocenters. The minimum absolute atomic E-state index is 0.0850. The molecule has 0 bridgehead atoms. The number of nitrogens with zero attached hydrogens (tertiary/aromatic N) is 2. The van der Waals surface area contributed by atoms with Crippen molar-refractivity contribution in [2.45, 2.75) is 22.6 Å². The smallest absolute Gasteiger partial charge is 0.312 e. The Bertz CT molecular complexity index is 1280. The Labute approximate surface area is 191 Å². The Balaban J connectivity index is 1.96. The molecule has 1 fully saturated rings. The normalized spacial score (nSPS) is 14.6. The van der Waals surface area contributed by atoms with Crippen LogP contribution >= 0.6 is 11.6 Å². The maximum atomic E-state index is 12.7. The van der Waals surface area contributed by atoms with Gasteiger partial charge in [-0.3, -0.25) is 4.79 Å². The van der Waals surface area contributed by atoms with E-state index in [1.807, 2.05) is 4.72 Å². The number of amides is 3. The molecule has 2 aromatic carbocycles. The Hall–Kier alpha value is -2.67. The summed E-state index contributed by atoms with van der Waals surface area (Å²) in [6.45, 7) is 0.450. The zero-order valence-corrected chi connectivity index (χ0v) is 19.6.